The van der Waals surface area contributed by atoms with Gasteiger partial charge in [0, 0.05) is 56.8 Å². The number of rotatable bonds is 8. The van der Waals surface area contributed by atoms with Gasteiger partial charge in [-0.15, -0.1) is 0 Å². The Morgan fingerprint density at radius 2 is 1.86 bits per heavy atom. The maximum absolute atomic E-state index is 13.1. The second kappa shape index (κ2) is 11.5. The summed E-state index contributed by atoms with van der Waals surface area (Å²) in [6, 6.07) is 9.85. The van der Waals surface area contributed by atoms with E-state index in [4.69, 9.17) is 9.47 Å². The van der Waals surface area contributed by atoms with E-state index >= 15 is 0 Å². The lowest BCUT2D eigenvalue weighted by Gasteiger charge is -2.21. The minimum atomic E-state index is -0.473. The molecule has 190 valence electrons. The molecule has 0 saturated heterocycles. The second-order valence-electron chi connectivity index (χ2n) is 9.51. The second-order valence-corrected chi connectivity index (χ2v) is 9.51. The van der Waals surface area contributed by atoms with Gasteiger partial charge in [0.05, 0.1) is 13.7 Å². The van der Waals surface area contributed by atoms with Crippen molar-refractivity contribution >= 4 is 5.97 Å². The van der Waals surface area contributed by atoms with E-state index < -0.39 is 5.97 Å². The number of ether oxygens (including phenoxy) is 2. The van der Waals surface area contributed by atoms with Crippen LogP contribution in [-0.2, 0) is 30.7 Å². The van der Waals surface area contributed by atoms with Crippen LogP contribution in [0, 0.1) is 20.8 Å². The van der Waals surface area contributed by atoms with Gasteiger partial charge in [-0.25, -0.2) is 4.79 Å². The fraction of sp³-hybridized carbons (Fsp3) is 0.414. The molecule has 3 aromatic rings. The molecule has 1 aliphatic rings. The van der Waals surface area contributed by atoms with Crippen molar-refractivity contribution in [3.8, 4) is 5.75 Å². The number of aryl methyl sites for hydroxylation is 4. The molecular formula is C29H35N3O4. The molecule has 0 N–H and O–H groups in total. The lowest BCUT2D eigenvalue weighted by atomic mass is 10.0. The van der Waals surface area contributed by atoms with Crippen molar-refractivity contribution < 1.29 is 14.3 Å². The number of hydrogen-bond acceptors (Lipinski definition) is 6. The number of esters is 1. The summed E-state index contributed by atoms with van der Waals surface area (Å²) in [6.45, 7) is 9.59. The zero-order chi connectivity index (χ0) is 25.7. The standard InChI is InChI=1S/C29H35N3O4/c1-20-15-22(3)24(16-21(20)2)19-31-11-9-25-28(29(34)35-4)26(17-27(33)32(25)13-12-31)36-14-6-8-23-7-5-10-30-18-23/h5,7,10,15-18H,6,8-9,11-14,19H2,1-4H3. The molecule has 0 saturated carbocycles. The molecule has 0 atom stereocenters. The quantitative estimate of drug-likeness (QED) is 0.351. The van der Waals surface area contributed by atoms with E-state index in [1.165, 1.54) is 35.4 Å². The van der Waals surface area contributed by atoms with Gasteiger partial charge in [-0.3, -0.25) is 14.7 Å². The number of hydrogen-bond donors (Lipinski definition) is 0. The molecule has 0 amide bonds. The van der Waals surface area contributed by atoms with Gasteiger partial charge in [-0.1, -0.05) is 18.2 Å². The highest BCUT2D eigenvalue weighted by molar-refractivity contribution is 5.93. The number of pyridine rings is 2. The van der Waals surface area contributed by atoms with Crippen LogP contribution in [0.3, 0.4) is 0 Å². The summed E-state index contributed by atoms with van der Waals surface area (Å²) in [4.78, 5) is 32.4. The zero-order valence-corrected chi connectivity index (χ0v) is 21.7. The highest BCUT2D eigenvalue weighted by Crippen LogP contribution is 2.25. The Morgan fingerprint density at radius 1 is 1.06 bits per heavy atom. The molecule has 0 fully saturated rings. The smallest absolute Gasteiger partial charge is 0.343 e. The Labute approximate surface area is 212 Å². The third-order valence-corrected chi connectivity index (χ3v) is 7.01. The average molecular weight is 490 g/mol. The molecule has 0 unspecified atom stereocenters. The Bertz CT molecular complexity index is 1280. The van der Waals surface area contributed by atoms with Gasteiger partial charge < -0.3 is 14.0 Å². The predicted molar refractivity (Wildman–Crippen MR) is 140 cm³/mol. The molecule has 0 bridgehead atoms. The molecule has 0 aliphatic carbocycles. The first-order chi connectivity index (χ1) is 17.4. The topological polar surface area (TPSA) is 73.7 Å². The van der Waals surface area contributed by atoms with Crippen molar-refractivity contribution in [1.82, 2.24) is 14.5 Å². The van der Waals surface area contributed by atoms with E-state index in [9.17, 15) is 9.59 Å². The highest BCUT2D eigenvalue weighted by Gasteiger charge is 2.26. The summed E-state index contributed by atoms with van der Waals surface area (Å²) < 4.78 is 12.8. The van der Waals surface area contributed by atoms with Crippen molar-refractivity contribution in [2.24, 2.45) is 0 Å². The minimum absolute atomic E-state index is 0.149. The van der Waals surface area contributed by atoms with Crippen LogP contribution in [-0.4, -0.2) is 47.2 Å². The summed E-state index contributed by atoms with van der Waals surface area (Å²) in [5.74, 6) is -0.165. The Hall–Kier alpha value is -3.45. The van der Waals surface area contributed by atoms with E-state index in [1.54, 1.807) is 10.8 Å². The molecule has 3 heterocycles. The lowest BCUT2D eigenvalue weighted by Crippen LogP contribution is -2.29. The van der Waals surface area contributed by atoms with Crippen LogP contribution in [0.4, 0.5) is 0 Å². The van der Waals surface area contributed by atoms with Crippen LogP contribution >= 0.6 is 0 Å². The van der Waals surface area contributed by atoms with Gasteiger partial charge in [-0.2, -0.15) is 0 Å². The van der Waals surface area contributed by atoms with E-state index in [1.807, 2.05) is 18.3 Å². The van der Waals surface area contributed by atoms with Gasteiger partial charge in [0.1, 0.15) is 11.3 Å². The van der Waals surface area contributed by atoms with Crippen LogP contribution in [0.1, 0.15) is 50.3 Å². The number of carbonyl (C=O) groups excluding carboxylic acids is 1. The fourth-order valence-corrected chi connectivity index (χ4v) is 4.82. The molecule has 0 radical (unpaired) electrons. The molecular weight excluding hydrogens is 454 g/mol. The molecule has 0 spiro atoms. The van der Waals surface area contributed by atoms with E-state index in [0.29, 0.717) is 36.6 Å². The van der Waals surface area contributed by atoms with Crippen molar-refractivity contribution in [3.05, 3.63) is 92.2 Å². The molecule has 7 nitrogen and oxygen atoms in total. The summed E-state index contributed by atoms with van der Waals surface area (Å²) in [5, 5.41) is 0. The fourth-order valence-electron chi connectivity index (χ4n) is 4.82. The van der Waals surface area contributed by atoms with Crippen LogP contribution in [0.2, 0.25) is 0 Å². The van der Waals surface area contributed by atoms with Crippen molar-refractivity contribution in [2.45, 2.75) is 53.1 Å². The van der Waals surface area contributed by atoms with Crippen LogP contribution in [0.15, 0.2) is 47.5 Å². The summed E-state index contributed by atoms with van der Waals surface area (Å²) in [5.41, 5.74) is 7.17. The number of aromatic nitrogens is 2. The lowest BCUT2D eigenvalue weighted by molar-refractivity contribution is 0.0593. The monoisotopic (exact) mass is 489 g/mol. The molecule has 7 heteroatoms. The first kappa shape index (κ1) is 25.6. The number of nitrogens with zero attached hydrogens (tertiary/aromatic N) is 3. The first-order valence-corrected chi connectivity index (χ1v) is 12.5. The number of methoxy groups -OCH3 is 1. The average Bonchev–Trinajstić information content (AvgIpc) is 3.08. The van der Waals surface area contributed by atoms with Gasteiger partial charge in [0.15, 0.2) is 0 Å². The summed E-state index contributed by atoms with van der Waals surface area (Å²) in [6.07, 6.45) is 5.69. The minimum Gasteiger partial charge on any atom is -0.492 e. The predicted octanol–water partition coefficient (Wildman–Crippen LogP) is 4.03. The largest absolute Gasteiger partial charge is 0.492 e. The van der Waals surface area contributed by atoms with Crippen molar-refractivity contribution in [2.75, 3.05) is 26.8 Å². The number of carbonyl (C=O) groups is 1. The summed E-state index contributed by atoms with van der Waals surface area (Å²) in [7, 11) is 1.36. The van der Waals surface area contributed by atoms with Gasteiger partial charge >= 0.3 is 5.97 Å². The zero-order valence-electron chi connectivity index (χ0n) is 21.7. The van der Waals surface area contributed by atoms with E-state index in [0.717, 1.165) is 38.0 Å². The van der Waals surface area contributed by atoms with Crippen LogP contribution in [0.25, 0.3) is 0 Å². The van der Waals surface area contributed by atoms with E-state index in [-0.39, 0.29) is 5.56 Å². The normalized spacial score (nSPS) is 13.7. The molecule has 1 aromatic carbocycles. The Morgan fingerprint density at radius 3 is 2.61 bits per heavy atom. The Kier molecular flexibility index (Phi) is 8.21. The van der Waals surface area contributed by atoms with Crippen molar-refractivity contribution in [3.63, 3.8) is 0 Å². The highest BCUT2D eigenvalue weighted by atomic mass is 16.5. The molecule has 36 heavy (non-hydrogen) atoms. The van der Waals surface area contributed by atoms with E-state index in [2.05, 4.69) is 42.8 Å². The number of benzene rings is 1. The SMILES string of the molecule is COC(=O)c1c(OCCCc2cccnc2)cc(=O)n2c1CCN(Cc1cc(C)c(C)cc1C)CC2. The molecule has 4 rings (SSSR count). The van der Waals surface area contributed by atoms with Gasteiger partial charge in [-0.05, 0) is 67.5 Å². The van der Waals surface area contributed by atoms with Crippen molar-refractivity contribution in [1.29, 1.82) is 0 Å². The molecule has 1 aliphatic heterocycles. The van der Waals surface area contributed by atoms with Crippen LogP contribution < -0.4 is 10.3 Å². The third kappa shape index (κ3) is 5.85. The third-order valence-electron chi connectivity index (χ3n) is 7.01. The first-order valence-electron chi connectivity index (χ1n) is 12.5. The van der Waals surface area contributed by atoms with Gasteiger partial charge in [0.25, 0.3) is 5.56 Å². The summed E-state index contributed by atoms with van der Waals surface area (Å²) >= 11 is 0. The van der Waals surface area contributed by atoms with Crippen LogP contribution in [0.5, 0.6) is 5.75 Å². The maximum Gasteiger partial charge on any atom is 0.343 e. The number of fused-ring (bicyclic) bond motifs is 1. The Balaban J connectivity index is 1.52. The molecule has 2 aromatic heterocycles. The van der Waals surface area contributed by atoms with Gasteiger partial charge in [0.2, 0.25) is 0 Å². The maximum atomic E-state index is 13.1.